The molecule has 0 bridgehead atoms. The Balaban J connectivity index is 0.901. The summed E-state index contributed by atoms with van der Waals surface area (Å²) in [7, 11) is 0. The number of fused-ring (bicyclic) bond motifs is 18. The van der Waals surface area contributed by atoms with Crippen LogP contribution in [0.4, 0.5) is 0 Å². The van der Waals surface area contributed by atoms with Gasteiger partial charge in [0, 0.05) is 66.0 Å². The standard InChI is InChI=1S/C61H32O5/c1-2-8-40-35(7-1)19-39-26-57-49(27-43(39)40)44-23-32(13-16-54(44)64-57)36-20-37(33-14-17-55-45(24-33)50-28-47-41-9-3-5-11-52(41)62-58(47)30-60(50)65-55)22-38(21-36)34-15-18-56-46(25-34)51-29-48-42-10-4-6-12-53(42)63-59(48)31-61(51)66-56/h1-18,20-31H,19H2. The monoisotopic (exact) mass is 844 g/mol. The van der Waals surface area contributed by atoms with E-state index < -0.39 is 0 Å². The minimum Gasteiger partial charge on any atom is -0.456 e. The van der Waals surface area contributed by atoms with Crippen molar-refractivity contribution in [1.82, 2.24) is 0 Å². The van der Waals surface area contributed by atoms with Crippen molar-refractivity contribution in [3.05, 3.63) is 193 Å². The average molecular weight is 845 g/mol. The summed E-state index contributed by atoms with van der Waals surface area (Å²) in [6.07, 6.45) is 0.926. The highest BCUT2D eigenvalue weighted by Gasteiger charge is 2.22. The summed E-state index contributed by atoms with van der Waals surface area (Å²) in [5.74, 6) is 0. The second kappa shape index (κ2) is 12.5. The highest BCUT2D eigenvalue weighted by molar-refractivity contribution is 6.17. The molecule has 0 saturated carbocycles. The zero-order chi connectivity index (χ0) is 42.8. The van der Waals surface area contributed by atoms with Gasteiger partial charge in [0.05, 0.1) is 0 Å². The molecule has 0 unspecified atom stereocenters. The van der Waals surface area contributed by atoms with Gasteiger partial charge in [-0.25, -0.2) is 0 Å². The van der Waals surface area contributed by atoms with Crippen LogP contribution in [0.15, 0.2) is 204 Å². The summed E-state index contributed by atoms with van der Waals surface area (Å²) in [6, 6.07) is 64.9. The molecule has 0 spiro atoms. The smallest absolute Gasteiger partial charge is 0.139 e. The van der Waals surface area contributed by atoms with Crippen LogP contribution in [0.1, 0.15) is 11.1 Å². The van der Waals surface area contributed by atoms with Crippen LogP contribution in [-0.2, 0) is 6.42 Å². The Morgan fingerprint density at radius 2 is 0.591 bits per heavy atom. The molecule has 15 aromatic rings. The third-order valence-electron chi connectivity index (χ3n) is 14.3. The van der Waals surface area contributed by atoms with Crippen LogP contribution in [0.3, 0.4) is 0 Å². The lowest BCUT2D eigenvalue weighted by Gasteiger charge is -2.12. The van der Waals surface area contributed by atoms with Gasteiger partial charge in [-0.3, -0.25) is 0 Å². The maximum Gasteiger partial charge on any atom is 0.139 e. The fraction of sp³-hybridized carbons (Fsp3) is 0.0164. The van der Waals surface area contributed by atoms with Gasteiger partial charge in [0.15, 0.2) is 0 Å². The van der Waals surface area contributed by atoms with Gasteiger partial charge in [-0.05, 0) is 153 Å². The van der Waals surface area contributed by atoms with Gasteiger partial charge in [0.25, 0.3) is 0 Å². The van der Waals surface area contributed by atoms with Crippen molar-refractivity contribution in [2.45, 2.75) is 6.42 Å². The molecule has 0 saturated heterocycles. The van der Waals surface area contributed by atoms with E-state index in [1.807, 2.05) is 36.4 Å². The molecule has 5 heterocycles. The SMILES string of the molecule is c1ccc2c(c1)Cc1cc3oc4ccc(-c5cc(-c6ccc7oc8cc9oc%10ccccc%10c9cc8c7c6)cc(-c6ccc7oc8cc9oc%10ccccc%10c9cc8c7c6)c5)cc4c3cc1-2. The van der Waals surface area contributed by atoms with Crippen LogP contribution < -0.4 is 0 Å². The van der Waals surface area contributed by atoms with E-state index in [1.54, 1.807) is 0 Å². The Hall–Kier alpha value is -8.80. The Morgan fingerprint density at radius 1 is 0.212 bits per heavy atom. The molecule has 10 aromatic carbocycles. The van der Waals surface area contributed by atoms with E-state index in [9.17, 15) is 0 Å². The lowest BCUT2D eigenvalue weighted by atomic mass is 9.91. The normalized spacial score (nSPS) is 12.8. The number of para-hydroxylation sites is 2. The van der Waals surface area contributed by atoms with Gasteiger partial charge in [0.2, 0.25) is 0 Å². The molecule has 0 atom stereocenters. The Kier molecular flexibility index (Phi) is 6.55. The van der Waals surface area contributed by atoms with Gasteiger partial charge in [-0.1, -0.05) is 78.9 Å². The Labute approximate surface area is 374 Å². The van der Waals surface area contributed by atoms with E-state index in [4.69, 9.17) is 22.1 Å². The highest BCUT2D eigenvalue weighted by Crippen LogP contribution is 2.45. The first-order valence-corrected chi connectivity index (χ1v) is 22.4. The molecule has 0 amide bonds. The van der Waals surface area contributed by atoms with Crippen LogP contribution in [0.25, 0.3) is 154 Å². The molecule has 5 aromatic heterocycles. The molecule has 0 N–H and O–H groups in total. The van der Waals surface area contributed by atoms with E-state index >= 15 is 0 Å². The van der Waals surface area contributed by atoms with Crippen LogP contribution >= 0.6 is 0 Å². The summed E-state index contributed by atoms with van der Waals surface area (Å²) >= 11 is 0. The number of rotatable bonds is 3. The summed E-state index contributed by atoms with van der Waals surface area (Å²) in [4.78, 5) is 0. The lowest BCUT2D eigenvalue weighted by molar-refractivity contribution is 0.655. The Morgan fingerprint density at radius 3 is 1.09 bits per heavy atom. The molecule has 5 heteroatoms. The molecule has 1 aliphatic rings. The van der Waals surface area contributed by atoms with E-state index in [-0.39, 0.29) is 0 Å². The molecule has 306 valence electrons. The second-order valence-corrected chi connectivity index (χ2v) is 18.0. The van der Waals surface area contributed by atoms with E-state index in [0.717, 1.165) is 149 Å². The van der Waals surface area contributed by atoms with Crippen molar-refractivity contribution in [2.24, 2.45) is 0 Å². The predicted octanol–water partition coefficient (Wildman–Crippen LogP) is 17.8. The van der Waals surface area contributed by atoms with Gasteiger partial charge < -0.3 is 22.1 Å². The van der Waals surface area contributed by atoms with E-state index in [0.29, 0.717) is 0 Å². The summed E-state index contributed by atoms with van der Waals surface area (Å²) < 4.78 is 32.0. The van der Waals surface area contributed by atoms with Crippen molar-refractivity contribution in [1.29, 1.82) is 0 Å². The largest absolute Gasteiger partial charge is 0.456 e. The van der Waals surface area contributed by atoms with E-state index in [1.165, 1.54) is 22.3 Å². The van der Waals surface area contributed by atoms with Gasteiger partial charge >= 0.3 is 0 Å². The summed E-state index contributed by atoms with van der Waals surface area (Å²) in [6.45, 7) is 0. The zero-order valence-electron chi connectivity index (χ0n) is 35.1. The number of hydrogen-bond acceptors (Lipinski definition) is 5. The van der Waals surface area contributed by atoms with Crippen LogP contribution in [-0.4, -0.2) is 0 Å². The van der Waals surface area contributed by atoms with Crippen LogP contribution in [0, 0.1) is 0 Å². The first-order chi connectivity index (χ1) is 32.6. The highest BCUT2D eigenvalue weighted by atomic mass is 16.4. The molecular weight excluding hydrogens is 813 g/mol. The minimum atomic E-state index is 0.805. The van der Waals surface area contributed by atoms with Crippen molar-refractivity contribution in [2.75, 3.05) is 0 Å². The molecule has 1 aliphatic carbocycles. The van der Waals surface area contributed by atoms with Crippen LogP contribution in [0.2, 0.25) is 0 Å². The fourth-order valence-electron chi connectivity index (χ4n) is 11.1. The molecule has 5 nitrogen and oxygen atoms in total. The first-order valence-electron chi connectivity index (χ1n) is 22.4. The van der Waals surface area contributed by atoms with Gasteiger partial charge in [-0.15, -0.1) is 0 Å². The maximum absolute atomic E-state index is 6.55. The first kappa shape index (κ1) is 34.7. The lowest BCUT2D eigenvalue weighted by Crippen LogP contribution is -1.87. The topological polar surface area (TPSA) is 65.7 Å². The number of furan rings is 5. The summed E-state index contributed by atoms with van der Waals surface area (Å²) in [5.41, 5.74) is 20.4. The predicted molar refractivity (Wildman–Crippen MR) is 267 cm³/mol. The fourth-order valence-corrected chi connectivity index (χ4v) is 11.1. The van der Waals surface area contributed by atoms with Gasteiger partial charge in [0.1, 0.15) is 55.8 Å². The summed E-state index contributed by atoms with van der Waals surface area (Å²) in [5, 5.41) is 10.8. The van der Waals surface area contributed by atoms with Crippen molar-refractivity contribution < 1.29 is 22.1 Å². The van der Waals surface area contributed by atoms with Crippen LogP contribution in [0.5, 0.6) is 0 Å². The van der Waals surface area contributed by atoms with Crippen molar-refractivity contribution in [3.8, 4) is 44.5 Å². The van der Waals surface area contributed by atoms with Gasteiger partial charge in [-0.2, -0.15) is 0 Å². The molecule has 0 aliphatic heterocycles. The third-order valence-corrected chi connectivity index (χ3v) is 14.3. The quantitative estimate of drug-likeness (QED) is 0.177. The average Bonchev–Trinajstić information content (AvgIpc) is 4.21. The molecule has 0 fully saturated rings. The Bertz CT molecular complexity index is 4410. The number of benzene rings is 10. The minimum absolute atomic E-state index is 0.805. The molecular formula is C61H32O5. The van der Waals surface area contributed by atoms with E-state index in [2.05, 4.69) is 146 Å². The van der Waals surface area contributed by atoms with Crippen molar-refractivity contribution in [3.63, 3.8) is 0 Å². The number of hydrogen-bond donors (Lipinski definition) is 0. The van der Waals surface area contributed by atoms with Crippen molar-refractivity contribution >= 4 is 110 Å². The maximum atomic E-state index is 6.55. The zero-order valence-corrected chi connectivity index (χ0v) is 35.1. The molecule has 0 radical (unpaired) electrons. The molecule has 16 rings (SSSR count). The molecule has 66 heavy (non-hydrogen) atoms. The third kappa shape index (κ3) is 4.83. The second-order valence-electron chi connectivity index (χ2n) is 18.0.